The maximum absolute atomic E-state index is 12.4. The van der Waals surface area contributed by atoms with E-state index in [4.69, 9.17) is 4.74 Å². The van der Waals surface area contributed by atoms with Crippen molar-refractivity contribution in [3.63, 3.8) is 0 Å². The maximum atomic E-state index is 12.4. The Morgan fingerprint density at radius 2 is 1.92 bits per heavy atom. The highest BCUT2D eigenvalue weighted by molar-refractivity contribution is 5.83. The van der Waals surface area contributed by atoms with Gasteiger partial charge in [-0.3, -0.25) is 9.36 Å². The molecule has 1 aromatic carbocycles. The Kier molecular flexibility index (Phi) is 3.73. The van der Waals surface area contributed by atoms with Gasteiger partial charge in [-0.2, -0.15) is 9.61 Å². The van der Waals surface area contributed by atoms with Gasteiger partial charge in [0.2, 0.25) is 0 Å². The molecule has 8 nitrogen and oxygen atoms in total. The van der Waals surface area contributed by atoms with E-state index in [0.29, 0.717) is 24.4 Å². The van der Waals surface area contributed by atoms with Crippen LogP contribution in [0, 0.1) is 0 Å². The predicted octanol–water partition coefficient (Wildman–Crippen LogP) is 1.67. The van der Waals surface area contributed by atoms with Gasteiger partial charge in [0.25, 0.3) is 5.56 Å². The van der Waals surface area contributed by atoms with Crippen molar-refractivity contribution >= 4 is 16.8 Å². The number of ether oxygens (including phenoxy) is 1. The van der Waals surface area contributed by atoms with Crippen LogP contribution in [0.15, 0.2) is 41.5 Å². The summed E-state index contributed by atoms with van der Waals surface area (Å²) in [6.45, 7) is 2.71. The highest BCUT2D eigenvalue weighted by Gasteiger charge is 2.19. The number of nitrogens with zero attached hydrogens (tertiary/aromatic N) is 6. The third kappa shape index (κ3) is 2.38. The smallest absolute Gasteiger partial charge is 0.283 e. The van der Waals surface area contributed by atoms with Crippen molar-refractivity contribution in [3.8, 4) is 11.1 Å². The normalized spacial score (nSPS) is 11.4. The minimum Gasteiger partial charge on any atom is -0.378 e. The molecule has 25 heavy (non-hydrogen) atoms. The van der Waals surface area contributed by atoms with Crippen molar-refractivity contribution in [1.82, 2.24) is 29.4 Å². The first-order valence-electron chi connectivity index (χ1n) is 7.92. The summed E-state index contributed by atoms with van der Waals surface area (Å²) in [5, 5.41) is 13.0. The number of fused-ring (bicyclic) bond motifs is 3. The molecule has 0 saturated heterocycles. The molecule has 0 saturated carbocycles. The van der Waals surface area contributed by atoms with E-state index in [-0.39, 0.29) is 11.1 Å². The van der Waals surface area contributed by atoms with Crippen molar-refractivity contribution < 1.29 is 4.74 Å². The fourth-order valence-electron chi connectivity index (χ4n) is 2.87. The summed E-state index contributed by atoms with van der Waals surface area (Å²) in [4.78, 5) is 16.8. The van der Waals surface area contributed by atoms with Gasteiger partial charge in [0.05, 0.1) is 17.9 Å². The molecule has 0 N–H and O–H groups in total. The molecule has 8 heteroatoms. The Balaban J connectivity index is 2.09. The van der Waals surface area contributed by atoms with Gasteiger partial charge in [-0.1, -0.05) is 30.3 Å². The van der Waals surface area contributed by atoms with E-state index in [2.05, 4.69) is 20.3 Å². The Morgan fingerprint density at radius 3 is 2.64 bits per heavy atom. The molecule has 0 atom stereocenters. The van der Waals surface area contributed by atoms with Crippen LogP contribution in [0.4, 0.5) is 0 Å². The summed E-state index contributed by atoms with van der Waals surface area (Å²) in [7, 11) is 1.61. The molecule has 0 fully saturated rings. The monoisotopic (exact) mass is 336 g/mol. The van der Waals surface area contributed by atoms with Crippen LogP contribution in [0.1, 0.15) is 12.6 Å². The number of aryl methyl sites for hydroxylation is 1. The highest BCUT2D eigenvalue weighted by atomic mass is 16.5. The zero-order chi connectivity index (χ0) is 17.4. The second-order valence-corrected chi connectivity index (χ2v) is 5.56. The molecule has 0 aliphatic heterocycles. The number of hydrogen-bond acceptors (Lipinski definition) is 6. The van der Waals surface area contributed by atoms with E-state index in [0.717, 1.165) is 16.8 Å². The lowest BCUT2D eigenvalue weighted by Gasteiger charge is -2.04. The lowest BCUT2D eigenvalue weighted by molar-refractivity contribution is 0.181. The Hall–Kier alpha value is -3.13. The van der Waals surface area contributed by atoms with Crippen molar-refractivity contribution in [2.45, 2.75) is 20.1 Å². The van der Waals surface area contributed by atoms with Gasteiger partial charge in [-0.05, 0) is 12.5 Å². The van der Waals surface area contributed by atoms with E-state index >= 15 is 0 Å². The number of benzene rings is 1. The molecule has 0 amide bonds. The van der Waals surface area contributed by atoms with Crippen LogP contribution in [0.2, 0.25) is 0 Å². The minimum absolute atomic E-state index is 0.197. The lowest BCUT2D eigenvalue weighted by Crippen LogP contribution is -2.22. The van der Waals surface area contributed by atoms with Gasteiger partial charge in [-0.25, -0.2) is 4.98 Å². The molecule has 0 bridgehead atoms. The molecule has 3 heterocycles. The molecular formula is C17H16N6O2. The highest BCUT2D eigenvalue weighted by Crippen LogP contribution is 2.28. The fraction of sp³-hybridized carbons (Fsp3) is 0.235. The van der Waals surface area contributed by atoms with Crippen molar-refractivity contribution in [2.24, 2.45) is 0 Å². The second-order valence-electron chi connectivity index (χ2n) is 5.56. The lowest BCUT2D eigenvalue weighted by atomic mass is 10.1. The van der Waals surface area contributed by atoms with Gasteiger partial charge in [0, 0.05) is 13.7 Å². The fourth-order valence-corrected chi connectivity index (χ4v) is 2.87. The molecule has 0 radical (unpaired) electrons. The van der Waals surface area contributed by atoms with Crippen LogP contribution < -0.4 is 5.56 Å². The summed E-state index contributed by atoms with van der Waals surface area (Å²) in [6, 6.07) is 9.79. The van der Waals surface area contributed by atoms with Crippen LogP contribution in [-0.4, -0.2) is 36.5 Å². The average Bonchev–Trinajstić information content (AvgIpc) is 3.01. The number of hydrogen-bond donors (Lipinski definition) is 0. The number of aromatic nitrogens is 6. The van der Waals surface area contributed by atoms with E-state index < -0.39 is 0 Å². The zero-order valence-electron chi connectivity index (χ0n) is 13.9. The number of methoxy groups -OCH3 is 1. The van der Waals surface area contributed by atoms with Gasteiger partial charge >= 0.3 is 0 Å². The third-order valence-electron chi connectivity index (χ3n) is 4.06. The van der Waals surface area contributed by atoms with Gasteiger partial charge < -0.3 is 4.74 Å². The topological polar surface area (TPSA) is 87.2 Å². The van der Waals surface area contributed by atoms with E-state index in [1.54, 1.807) is 11.6 Å². The molecule has 3 aromatic heterocycles. The molecular weight excluding hydrogens is 320 g/mol. The van der Waals surface area contributed by atoms with Crippen molar-refractivity contribution in [3.05, 3.63) is 52.7 Å². The minimum atomic E-state index is -0.230. The van der Waals surface area contributed by atoms with Crippen LogP contribution in [-0.2, 0) is 17.9 Å². The van der Waals surface area contributed by atoms with Crippen molar-refractivity contribution in [2.75, 3.05) is 7.11 Å². The molecule has 0 unspecified atom stereocenters. The molecule has 0 aliphatic rings. The number of rotatable bonds is 4. The van der Waals surface area contributed by atoms with E-state index in [1.165, 1.54) is 10.9 Å². The van der Waals surface area contributed by atoms with Gasteiger partial charge in [0.1, 0.15) is 6.33 Å². The molecule has 0 spiro atoms. The standard InChI is InChI=1S/C17H16N6O2/c1-3-22-10-18-16-14(17(22)24)19-20-15-13(11-7-5-4-6-8-11)12(9-25-2)21-23(15)16/h4-8,10H,3,9H2,1-2H3. The zero-order valence-corrected chi connectivity index (χ0v) is 13.9. The first-order valence-corrected chi connectivity index (χ1v) is 7.92. The summed E-state index contributed by atoms with van der Waals surface area (Å²) in [6.07, 6.45) is 1.51. The average molecular weight is 336 g/mol. The largest absolute Gasteiger partial charge is 0.378 e. The molecule has 0 aliphatic carbocycles. The van der Waals surface area contributed by atoms with Crippen molar-refractivity contribution in [1.29, 1.82) is 0 Å². The van der Waals surface area contributed by atoms with Crippen LogP contribution in [0.3, 0.4) is 0 Å². The second kappa shape index (κ2) is 6.06. The molecule has 4 rings (SSSR count). The summed E-state index contributed by atoms with van der Waals surface area (Å²) < 4.78 is 8.34. The first-order chi connectivity index (χ1) is 12.2. The van der Waals surface area contributed by atoms with Crippen LogP contribution in [0.5, 0.6) is 0 Å². The molecule has 4 aromatic rings. The quantitative estimate of drug-likeness (QED) is 0.563. The van der Waals surface area contributed by atoms with Crippen LogP contribution >= 0.6 is 0 Å². The van der Waals surface area contributed by atoms with Crippen LogP contribution in [0.25, 0.3) is 27.9 Å². The summed E-state index contributed by atoms with van der Waals surface area (Å²) in [5.74, 6) is 0. The SMILES string of the molecule is CCn1cnc2c(nnc3c(-c4ccccc4)c(COC)nn32)c1=O. The summed E-state index contributed by atoms with van der Waals surface area (Å²) in [5.41, 5.74) is 3.41. The predicted molar refractivity (Wildman–Crippen MR) is 92.2 cm³/mol. The molecule has 126 valence electrons. The summed E-state index contributed by atoms with van der Waals surface area (Å²) >= 11 is 0. The first kappa shape index (κ1) is 15.4. The maximum Gasteiger partial charge on any atom is 0.283 e. The van der Waals surface area contributed by atoms with E-state index in [1.807, 2.05) is 37.3 Å². The Bertz CT molecular complexity index is 1120. The third-order valence-corrected chi connectivity index (χ3v) is 4.06. The Morgan fingerprint density at radius 1 is 1.12 bits per heavy atom. The van der Waals surface area contributed by atoms with E-state index in [9.17, 15) is 4.79 Å². The van der Waals surface area contributed by atoms with Gasteiger partial charge in [0.15, 0.2) is 16.8 Å². The Labute approximate surface area is 142 Å². The van der Waals surface area contributed by atoms with Gasteiger partial charge in [-0.15, -0.1) is 10.2 Å².